The summed E-state index contributed by atoms with van der Waals surface area (Å²) >= 11 is 0. The molecule has 7 nitrogen and oxygen atoms in total. The van der Waals surface area contributed by atoms with Gasteiger partial charge in [0.2, 0.25) is 15.7 Å². The van der Waals surface area contributed by atoms with Gasteiger partial charge < -0.3 is 10.8 Å². The van der Waals surface area contributed by atoms with E-state index < -0.39 is 33.5 Å². The molecule has 0 bridgehead atoms. The molecule has 168 valence electrons. The molecule has 33 heavy (non-hydrogen) atoms. The van der Waals surface area contributed by atoms with Gasteiger partial charge in [-0.05, 0) is 53.9 Å². The molecule has 1 aliphatic heterocycles. The summed E-state index contributed by atoms with van der Waals surface area (Å²) < 4.78 is 27.1. The molecule has 4 rings (SSSR count). The fraction of sp³-hybridized carbons (Fsp3) is 0.120. The molecular weight excluding hydrogens is 440 g/mol. The molecule has 8 heteroatoms. The van der Waals surface area contributed by atoms with Crippen LogP contribution in [0.4, 0.5) is 5.69 Å². The van der Waals surface area contributed by atoms with Crippen molar-refractivity contribution in [1.29, 1.82) is 0 Å². The van der Waals surface area contributed by atoms with Gasteiger partial charge in [-0.25, -0.2) is 8.42 Å². The Balaban J connectivity index is 1.91. The Morgan fingerprint density at radius 1 is 0.970 bits per heavy atom. The van der Waals surface area contributed by atoms with Crippen LogP contribution in [0.2, 0.25) is 0 Å². The average Bonchev–Trinajstić information content (AvgIpc) is 3.10. The molecular formula is C25H22N2O5S. The van der Waals surface area contributed by atoms with Gasteiger partial charge >= 0.3 is 0 Å². The van der Waals surface area contributed by atoms with E-state index in [1.165, 1.54) is 41.3 Å². The lowest BCUT2D eigenvalue weighted by Gasteiger charge is -2.27. The molecule has 0 spiro atoms. The minimum atomic E-state index is -4.20. The van der Waals surface area contributed by atoms with Gasteiger partial charge in [-0.1, -0.05) is 49.4 Å². The molecule has 0 fully saturated rings. The molecule has 1 unspecified atom stereocenters. The highest BCUT2D eigenvalue weighted by atomic mass is 32.2. The van der Waals surface area contributed by atoms with E-state index in [4.69, 9.17) is 5.73 Å². The third-order valence-electron chi connectivity index (χ3n) is 5.64. The molecule has 0 aliphatic carbocycles. The van der Waals surface area contributed by atoms with Gasteiger partial charge in [0, 0.05) is 11.3 Å². The number of primary amides is 1. The molecule has 1 atom stereocenters. The van der Waals surface area contributed by atoms with Crippen molar-refractivity contribution in [3.63, 3.8) is 0 Å². The molecule has 0 saturated heterocycles. The van der Waals surface area contributed by atoms with E-state index in [2.05, 4.69) is 0 Å². The zero-order valence-electron chi connectivity index (χ0n) is 17.8. The van der Waals surface area contributed by atoms with E-state index in [1.807, 2.05) is 19.1 Å². The van der Waals surface area contributed by atoms with Crippen LogP contribution in [-0.2, 0) is 21.1 Å². The van der Waals surface area contributed by atoms with Gasteiger partial charge in [-0.2, -0.15) is 0 Å². The first kappa shape index (κ1) is 22.3. The summed E-state index contributed by atoms with van der Waals surface area (Å²) in [6.07, 6.45) is 0.790. The summed E-state index contributed by atoms with van der Waals surface area (Å²) in [5.41, 5.74) is 7.44. The van der Waals surface area contributed by atoms with Crippen LogP contribution in [-0.4, -0.2) is 25.3 Å². The van der Waals surface area contributed by atoms with Gasteiger partial charge in [0.05, 0.1) is 4.90 Å². The lowest BCUT2D eigenvalue weighted by molar-refractivity contribution is -0.117. The van der Waals surface area contributed by atoms with Crippen molar-refractivity contribution < 1.29 is 23.1 Å². The van der Waals surface area contributed by atoms with Crippen LogP contribution in [0.25, 0.3) is 0 Å². The van der Waals surface area contributed by atoms with Crippen LogP contribution in [0.15, 0.2) is 94.4 Å². The maximum absolute atomic E-state index is 13.6. The predicted molar refractivity (Wildman–Crippen MR) is 124 cm³/mol. The topological polar surface area (TPSA) is 118 Å². The largest absolute Gasteiger partial charge is 0.502 e. The molecule has 3 aromatic carbocycles. The molecule has 3 aromatic rings. The number of benzene rings is 3. The number of amides is 2. The molecule has 0 aromatic heterocycles. The van der Waals surface area contributed by atoms with E-state index in [1.54, 1.807) is 30.3 Å². The van der Waals surface area contributed by atoms with Crippen molar-refractivity contribution in [2.75, 3.05) is 4.90 Å². The highest BCUT2D eigenvalue weighted by molar-refractivity contribution is 7.95. The summed E-state index contributed by atoms with van der Waals surface area (Å²) in [4.78, 5) is 25.4. The Bertz CT molecular complexity index is 1350. The van der Waals surface area contributed by atoms with E-state index in [-0.39, 0.29) is 15.4 Å². The summed E-state index contributed by atoms with van der Waals surface area (Å²) in [7, 11) is -4.20. The zero-order valence-corrected chi connectivity index (χ0v) is 18.6. The summed E-state index contributed by atoms with van der Waals surface area (Å²) in [6, 6.07) is 19.7. The van der Waals surface area contributed by atoms with Gasteiger partial charge in [0.25, 0.3) is 5.91 Å². The fourth-order valence-electron chi connectivity index (χ4n) is 3.87. The number of aliphatic hydroxyl groups excluding tert-OH is 1. The summed E-state index contributed by atoms with van der Waals surface area (Å²) in [6.45, 7) is 2.00. The quantitative estimate of drug-likeness (QED) is 0.579. The predicted octanol–water partition coefficient (Wildman–Crippen LogP) is 3.68. The number of anilines is 1. The lowest BCUT2D eigenvalue weighted by Crippen LogP contribution is -2.31. The van der Waals surface area contributed by atoms with Gasteiger partial charge in [0.1, 0.15) is 10.9 Å². The van der Waals surface area contributed by atoms with Crippen LogP contribution < -0.4 is 10.6 Å². The minimum Gasteiger partial charge on any atom is -0.502 e. The number of nitrogens with two attached hydrogens (primary N) is 1. The van der Waals surface area contributed by atoms with Crippen molar-refractivity contribution >= 4 is 27.3 Å². The van der Waals surface area contributed by atoms with Gasteiger partial charge in [0.15, 0.2) is 5.76 Å². The Kier molecular flexibility index (Phi) is 5.78. The molecule has 1 aliphatic rings. The van der Waals surface area contributed by atoms with E-state index in [0.29, 0.717) is 11.3 Å². The van der Waals surface area contributed by atoms with Crippen molar-refractivity contribution in [2.45, 2.75) is 24.3 Å². The summed E-state index contributed by atoms with van der Waals surface area (Å²) in [5.74, 6) is -2.31. The monoisotopic (exact) mass is 462 g/mol. The van der Waals surface area contributed by atoms with Crippen molar-refractivity contribution in [3.05, 3.63) is 106 Å². The van der Waals surface area contributed by atoms with E-state index in [9.17, 15) is 23.1 Å². The number of hydrogen-bond acceptors (Lipinski definition) is 5. The molecule has 3 N–H and O–H groups in total. The first-order chi connectivity index (χ1) is 15.8. The normalized spacial score (nSPS) is 16.3. The molecule has 0 radical (unpaired) electrons. The number of rotatable bonds is 6. The van der Waals surface area contributed by atoms with Crippen molar-refractivity contribution in [1.82, 2.24) is 0 Å². The van der Waals surface area contributed by atoms with E-state index in [0.717, 1.165) is 12.0 Å². The highest BCUT2D eigenvalue weighted by Crippen LogP contribution is 2.44. The molecule has 2 amide bonds. The number of hydrogen-bond donors (Lipinski definition) is 2. The number of nitrogens with zero attached hydrogens (tertiary/aromatic N) is 1. The maximum atomic E-state index is 13.6. The summed E-state index contributed by atoms with van der Waals surface area (Å²) in [5, 5.41) is 10.8. The molecule has 1 heterocycles. The minimum absolute atomic E-state index is 0.0274. The third kappa shape index (κ3) is 3.89. The number of aryl methyl sites for hydroxylation is 1. The SMILES string of the molecule is CCc1ccc(C2C(S(=O)(=O)c3ccccc3)=C(O)C(=O)N2c2ccc(C(N)=O)cc2)cc1. The van der Waals surface area contributed by atoms with Gasteiger partial charge in [-0.15, -0.1) is 0 Å². The Morgan fingerprint density at radius 2 is 1.58 bits per heavy atom. The second-order valence-corrected chi connectivity index (χ2v) is 9.53. The Labute approximate surface area is 191 Å². The van der Waals surface area contributed by atoms with E-state index >= 15 is 0 Å². The second kappa shape index (κ2) is 8.55. The first-order valence-electron chi connectivity index (χ1n) is 10.3. The number of carbonyl (C=O) groups is 2. The first-order valence-corrected chi connectivity index (χ1v) is 11.8. The van der Waals surface area contributed by atoms with Crippen LogP contribution in [0.5, 0.6) is 0 Å². The zero-order chi connectivity index (χ0) is 23.8. The van der Waals surface area contributed by atoms with Crippen LogP contribution >= 0.6 is 0 Å². The standard InChI is InChI=1S/C25H22N2O5S/c1-2-16-8-10-17(11-9-16)21-23(33(31,32)20-6-4-3-5-7-20)22(28)25(30)27(21)19-14-12-18(13-15-19)24(26)29/h3-15,21,28H,2H2,1H3,(H2,26,29). The smallest absolute Gasteiger partial charge is 0.295 e. The van der Waals surface area contributed by atoms with Crippen molar-refractivity contribution in [2.24, 2.45) is 5.73 Å². The van der Waals surface area contributed by atoms with Gasteiger partial charge in [-0.3, -0.25) is 14.5 Å². The maximum Gasteiger partial charge on any atom is 0.295 e. The lowest BCUT2D eigenvalue weighted by atomic mass is 10.0. The third-order valence-corrected chi connectivity index (χ3v) is 7.53. The van der Waals surface area contributed by atoms with Crippen LogP contribution in [0.3, 0.4) is 0 Å². The second-order valence-electron chi connectivity index (χ2n) is 7.61. The average molecular weight is 463 g/mol. The van der Waals surface area contributed by atoms with Crippen LogP contribution in [0, 0.1) is 0 Å². The Morgan fingerprint density at radius 3 is 2.12 bits per heavy atom. The number of carbonyl (C=O) groups excluding carboxylic acids is 2. The molecule has 0 saturated carbocycles. The number of sulfone groups is 1. The Hall–Kier alpha value is -3.91. The van der Waals surface area contributed by atoms with Crippen LogP contribution in [0.1, 0.15) is 34.5 Å². The fourth-order valence-corrected chi connectivity index (χ4v) is 5.52. The highest BCUT2D eigenvalue weighted by Gasteiger charge is 2.47. The number of aliphatic hydroxyl groups is 1. The van der Waals surface area contributed by atoms with Crippen molar-refractivity contribution in [3.8, 4) is 0 Å².